The van der Waals surface area contributed by atoms with Crippen molar-refractivity contribution in [1.29, 1.82) is 0 Å². The maximum absolute atomic E-state index is 10.2. The summed E-state index contributed by atoms with van der Waals surface area (Å²) in [4.78, 5) is 10.2. The van der Waals surface area contributed by atoms with E-state index < -0.39 is 24.0 Å². The van der Waals surface area contributed by atoms with Gasteiger partial charge in [0, 0.05) is 5.92 Å². The summed E-state index contributed by atoms with van der Waals surface area (Å²) in [5, 5.41) is 17.3. The first-order valence-electron chi connectivity index (χ1n) is 3.13. The van der Waals surface area contributed by atoms with E-state index in [-0.39, 0.29) is 0 Å². The summed E-state index contributed by atoms with van der Waals surface area (Å²) in [6.07, 6.45) is -0.675. The summed E-state index contributed by atoms with van der Waals surface area (Å²) in [6.45, 7) is 3.12. The number of hydrogen-bond donors (Lipinski definition) is 3. The fourth-order valence-electron chi connectivity index (χ4n) is 0.525. The molecule has 0 saturated heterocycles. The second kappa shape index (κ2) is 3.53. The number of carbonyl (C=O) groups is 1. The van der Waals surface area contributed by atoms with E-state index in [0.717, 1.165) is 0 Å². The average Bonchev–Trinajstić information content (AvgIpc) is 1.84. The van der Waals surface area contributed by atoms with E-state index in [1.165, 1.54) is 6.92 Å². The molecule has 0 bridgehead atoms. The molecule has 0 rings (SSSR count). The van der Waals surface area contributed by atoms with Crippen LogP contribution in [0.15, 0.2) is 0 Å². The predicted octanol–water partition coefficient (Wildman–Crippen LogP) is -0.585. The van der Waals surface area contributed by atoms with Crippen molar-refractivity contribution in [2.45, 2.75) is 26.0 Å². The first-order chi connectivity index (χ1) is 4.46. The smallest absolute Gasteiger partial charge is 0.320 e. The SMILES string of the molecule is CC(O)[C@@H](C)C(N)C(=O)O. The monoisotopic (exact) mass is 147 g/mol. The molecule has 0 saturated carbocycles. The van der Waals surface area contributed by atoms with Crippen LogP contribution in [-0.4, -0.2) is 28.3 Å². The molecule has 3 atom stereocenters. The van der Waals surface area contributed by atoms with Gasteiger partial charge in [-0.15, -0.1) is 0 Å². The van der Waals surface area contributed by atoms with Crippen molar-refractivity contribution in [3.8, 4) is 0 Å². The van der Waals surface area contributed by atoms with Gasteiger partial charge in [0.15, 0.2) is 0 Å². The second-order valence-corrected chi connectivity index (χ2v) is 2.46. The summed E-state index contributed by atoms with van der Waals surface area (Å²) in [5.41, 5.74) is 5.20. The van der Waals surface area contributed by atoms with Crippen LogP contribution in [0, 0.1) is 5.92 Å². The number of carboxylic acids is 1. The van der Waals surface area contributed by atoms with Crippen molar-refractivity contribution >= 4 is 5.97 Å². The fraction of sp³-hybridized carbons (Fsp3) is 0.833. The molecule has 0 fully saturated rings. The molecule has 0 aliphatic heterocycles. The van der Waals surface area contributed by atoms with Crippen molar-refractivity contribution in [2.24, 2.45) is 11.7 Å². The second-order valence-electron chi connectivity index (χ2n) is 2.46. The maximum Gasteiger partial charge on any atom is 0.320 e. The van der Waals surface area contributed by atoms with E-state index in [1.807, 2.05) is 0 Å². The standard InChI is InChI=1S/C6H13NO3/c1-3(4(2)8)5(7)6(9)10/h3-5,8H,7H2,1-2H3,(H,9,10)/t3-,4?,5?/m1/s1. The Bertz CT molecular complexity index is 124. The van der Waals surface area contributed by atoms with Crippen molar-refractivity contribution in [1.82, 2.24) is 0 Å². The zero-order valence-electron chi connectivity index (χ0n) is 6.11. The maximum atomic E-state index is 10.2. The van der Waals surface area contributed by atoms with Crippen LogP contribution in [0.3, 0.4) is 0 Å². The minimum absolute atomic E-state index is 0.405. The fourth-order valence-corrected chi connectivity index (χ4v) is 0.525. The Morgan fingerprint density at radius 2 is 1.90 bits per heavy atom. The zero-order chi connectivity index (χ0) is 8.31. The number of aliphatic hydroxyl groups excluding tert-OH is 1. The van der Waals surface area contributed by atoms with E-state index in [2.05, 4.69) is 0 Å². The number of hydrogen-bond acceptors (Lipinski definition) is 3. The van der Waals surface area contributed by atoms with Crippen molar-refractivity contribution in [3.63, 3.8) is 0 Å². The van der Waals surface area contributed by atoms with Crippen LogP contribution in [0.1, 0.15) is 13.8 Å². The Kier molecular flexibility index (Phi) is 3.32. The van der Waals surface area contributed by atoms with Gasteiger partial charge in [-0.2, -0.15) is 0 Å². The third kappa shape index (κ3) is 2.33. The Balaban J connectivity index is 3.94. The van der Waals surface area contributed by atoms with Crippen molar-refractivity contribution in [3.05, 3.63) is 0 Å². The van der Waals surface area contributed by atoms with Crippen LogP contribution >= 0.6 is 0 Å². The van der Waals surface area contributed by atoms with E-state index in [0.29, 0.717) is 0 Å². The van der Waals surface area contributed by atoms with Crippen molar-refractivity contribution in [2.75, 3.05) is 0 Å². The highest BCUT2D eigenvalue weighted by molar-refractivity contribution is 5.73. The molecule has 0 amide bonds. The lowest BCUT2D eigenvalue weighted by Crippen LogP contribution is -2.41. The number of rotatable bonds is 3. The third-order valence-electron chi connectivity index (χ3n) is 1.61. The van der Waals surface area contributed by atoms with Crippen LogP contribution < -0.4 is 5.73 Å². The van der Waals surface area contributed by atoms with Crippen LogP contribution in [0.5, 0.6) is 0 Å². The third-order valence-corrected chi connectivity index (χ3v) is 1.61. The van der Waals surface area contributed by atoms with E-state index >= 15 is 0 Å². The highest BCUT2D eigenvalue weighted by Gasteiger charge is 2.23. The number of aliphatic carboxylic acids is 1. The first kappa shape index (κ1) is 9.39. The van der Waals surface area contributed by atoms with Crippen LogP contribution in [0.4, 0.5) is 0 Å². The Morgan fingerprint density at radius 1 is 1.50 bits per heavy atom. The molecular weight excluding hydrogens is 134 g/mol. The average molecular weight is 147 g/mol. The Labute approximate surface area is 59.7 Å². The molecule has 0 heterocycles. The molecule has 0 aromatic heterocycles. The van der Waals surface area contributed by atoms with Gasteiger partial charge in [0.05, 0.1) is 6.10 Å². The van der Waals surface area contributed by atoms with Gasteiger partial charge in [-0.3, -0.25) is 4.79 Å². The van der Waals surface area contributed by atoms with Gasteiger partial charge in [0.2, 0.25) is 0 Å². The Morgan fingerprint density at radius 3 is 2.00 bits per heavy atom. The summed E-state index contributed by atoms with van der Waals surface area (Å²) >= 11 is 0. The van der Waals surface area contributed by atoms with Crippen LogP contribution in [0.2, 0.25) is 0 Å². The van der Waals surface area contributed by atoms with Gasteiger partial charge < -0.3 is 15.9 Å². The molecule has 0 radical (unpaired) electrons. The van der Waals surface area contributed by atoms with Gasteiger partial charge in [-0.05, 0) is 6.92 Å². The minimum Gasteiger partial charge on any atom is -0.480 e. The molecule has 2 unspecified atom stereocenters. The quantitative estimate of drug-likeness (QED) is 0.498. The van der Waals surface area contributed by atoms with E-state index in [4.69, 9.17) is 15.9 Å². The predicted molar refractivity (Wildman–Crippen MR) is 36.5 cm³/mol. The number of nitrogens with two attached hydrogens (primary N) is 1. The molecule has 10 heavy (non-hydrogen) atoms. The molecule has 4 heteroatoms. The van der Waals surface area contributed by atoms with Gasteiger partial charge in [-0.1, -0.05) is 6.92 Å². The lowest BCUT2D eigenvalue weighted by molar-refractivity contribution is -0.140. The lowest BCUT2D eigenvalue weighted by atomic mass is 9.98. The largest absolute Gasteiger partial charge is 0.480 e. The van der Waals surface area contributed by atoms with Gasteiger partial charge in [0.25, 0.3) is 0 Å². The summed E-state index contributed by atoms with van der Waals surface area (Å²) in [5.74, 6) is -1.48. The number of aliphatic hydroxyl groups is 1. The van der Waals surface area contributed by atoms with Crippen LogP contribution in [0.25, 0.3) is 0 Å². The molecule has 0 aliphatic carbocycles. The molecule has 0 aliphatic rings. The number of carboxylic acid groups (broad SMARTS) is 1. The lowest BCUT2D eigenvalue weighted by Gasteiger charge is -2.17. The minimum atomic E-state index is -1.08. The summed E-state index contributed by atoms with van der Waals surface area (Å²) in [7, 11) is 0. The van der Waals surface area contributed by atoms with E-state index in [9.17, 15) is 4.79 Å². The normalized spacial score (nSPS) is 19.6. The highest BCUT2D eigenvalue weighted by Crippen LogP contribution is 2.05. The molecule has 0 aromatic rings. The van der Waals surface area contributed by atoms with Gasteiger partial charge >= 0.3 is 5.97 Å². The van der Waals surface area contributed by atoms with E-state index in [1.54, 1.807) is 6.92 Å². The van der Waals surface area contributed by atoms with Gasteiger partial charge in [0.1, 0.15) is 6.04 Å². The molecule has 60 valence electrons. The molecule has 4 N–H and O–H groups in total. The Hall–Kier alpha value is -0.610. The molecule has 4 nitrogen and oxygen atoms in total. The zero-order valence-corrected chi connectivity index (χ0v) is 6.11. The first-order valence-corrected chi connectivity index (χ1v) is 3.13. The topological polar surface area (TPSA) is 83.5 Å². The summed E-state index contributed by atoms with van der Waals surface area (Å²) < 4.78 is 0. The van der Waals surface area contributed by atoms with Gasteiger partial charge in [-0.25, -0.2) is 0 Å². The van der Waals surface area contributed by atoms with Crippen molar-refractivity contribution < 1.29 is 15.0 Å². The molecule has 0 aromatic carbocycles. The molecular formula is C6H13NO3. The van der Waals surface area contributed by atoms with Crippen LogP contribution in [-0.2, 0) is 4.79 Å². The highest BCUT2D eigenvalue weighted by atomic mass is 16.4. The molecule has 0 spiro atoms. The summed E-state index contributed by atoms with van der Waals surface area (Å²) in [6, 6.07) is -0.972.